The number of aliphatic carboxylic acids is 1. The van der Waals surface area contributed by atoms with E-state index in [9.17, 15) is 18.3 Å². The van der Waals surface area contributed by atoms with Crippen molar-refractivity contribution in [1.82, 2.24) is 4.72 Å². The zero-order valence-electron chi connectivity index (χ0n) is 11.2. The number of sulfonamides is 1. The van der Waals surface area contributed by atoms with Crippen molar-refractivity contribution in [2.45, 2.75) is 37.1 Å². The summed E-state index contributed by atoms with van der Waals surface area (Å²) in [5, 5.41) is 9.39. The SMILES string of the molecule is Cc1ccc(S(=O)(=O)NC(C)(C(=O)O)C2CC2)c(Cl)c1. The van der Waals surface area contributed by atoms with Crippen LogP contribution in [0.3, 0.4) is 0 Å². The van der Waals surface area contributed by atoms with Crippen molar-refractivity contribution in [2.24, 2.45) is 5.92 Å². The molecule has 1 aliphatic rings. The Labute approximate surface area is 123 Å². The van der Waals surface area contributed by atoms with Crippen molar-refractivity contribution in [3.05, 3.63) is 28.8 Å². The molecule has 1 saturated carbocycles. The number of hydrogen-bond acceptors (Lipinski definition) is 3. The molecule has 5 nitrogen and oxygen atoms in total. The molecule has 1 aliphatic carbocycles. The number of halogens is 1. The van der Waals surface area contributed by atoms with E-state index in [2.05, 4.69) is 4.72 Å². The first-order valence-electron chi connectivity index (χ1n) is 6.20. The molecule has 1 unspecified atom stereocenters. The van der Waals surface area contributed by atoms with E-state index in [0.717, 1.165) is 5.56 Å². The minimum atomic E-state index is -3.98. The first-order valence-corrected chi connectivity index (χ1v) is 8.06. The van der Waals surface area contributed by atoms with Gasteiger partial charge in [0, 0.05) is 0 Å². The van der Waals surface area contributed by atoms with Crippen molar-refractivity contribution in [3.8, 4) is 0 Å². The van der Waals surface area contributed by atoms with Crippen molar-refractivity contribution in [3.63, 3.8) is 0 Å². The lowest BCUT2D eigenvalue weighted by Crippen LogP contribution is -2.53. The van der Waals surface area contributed by atoms with Crippen LogP contribution >= 0.6 is 11.6 Å². The molecule has 0 aromatic heterocycles. The molecule has 20 heavy (non-hydrogen) atoms. The number of nitrogens with one attached hydrogen (secondary N) is 1. The second-order valence-corrected chi connectivity index (χ2v) is 7.38. The Bertz CT molecular complexity index is 654. The van der Waals surface area contributed by atoms with Gasteiger partial charge in [-0.15, -0.1) is 0 Å². The minimum absolute atomic E-state index is 0.0843. The highest BCUT2D eigenvalue weighted by molar-refractivity contribution is 7.89. The number of carboxylic acids is 1. The molecular weight excluding hydrogens is 302 g/mol. The van der Waals surface area contributed by atoms with Gasteiger partial charge in [-0.25, -0.2) is 8.42 Å². The quantitative estimate of drug-likeness (QED) is 0.872. The Hall–Kier alpha value is -1.11. The van der Waals surface area contributed by atoms with Gasteiger partial charge in [-0.1, -0.05) is 17.7 Å². The van der Waals surface area contributed by atoms with Crippen LogP contribution < -0.4 is 4.72 Å². The molecule has 2 N–H and O–H groups in total. The van der Waals surface area contributed by atoms with Gasteiger partial charge in [0.25, 0.3) is 0 Å². The molecule has 1 aromatic rings. The molecule has 0 radical (unpaired) electrons. The molecular formula is C13H16ClNO4S. The summed E-state index contributed by atoms with van der Waals surface area (Å²) in [6, 6.07) is 4.54. The summed E-state index contributed by atoms with van der Waals surface area (Å²) >= 11 is 5.95. The fraction of sp³-hybridized carbons (Fsp3) is 0.462. The highest BCUT2D eigenvalue weighted by atomic mass is 35.5. The number of carbonyl (C=O) groups is 1. The van der Waals surface area contributed by atoms with Crippen molar-refractivity contribution in [1.29, 1.82) is 0 Å². The molecule has 0 bridgehead atoms. The van der Waals surface area contributed by atoms with Gasteiger partial charge in [0.2, 0.25) is 10.0 Å². The predicted octanol–water partition coefficient (Wildman–Crippen LogP) is 2.18. The van der Waals surface area contributed by atoms with Crippen molar-refractivity contribution < 1.29 is 18.3 Å². The van der Waals surface area contributed by atoms with E-state index in [1.165, 1.54) is 19.1 Å². The molecule has 1 aromatic carbocycles. The summed E-state index contributed by atoms with van der Waals surface area (Å²) < 4.78 is 27.0. The van der Waals surface area contributed by atoms with Gasteiger partial charge in [-0.2, -0.15) is 4.72 Å². The summed E-state index contributed by atoms with van der Waals surface area (Å²) in [6.45, 7) is 3.19. The zero-order valence-corrected chi connectivity index (χ0v) is 12.8. The third-order valence-corrected chi connectivity index (χ3v) is 5.61. The summed E-state index contributed by atoms with van der Waals surface area (Å²) in [7, 11) is -3.98. The number of carboxylic acid groups (broad SMARTS) is 1. The molecule has 2 rings (SSSR count). The average molecular weight is 318 g/mol. The summed E-state index contributed by atoms with van der Waals surface area (Å²) in [5.41, 5.74) is -0.662. The second kappa shape index (κ2) is 5.02. The van der Waals surface area contributed by atoms with Gasteiger partial charge in [0.1, 0.15) is 10.4 Å². The molecule has 1 atom stereocenters. The van der Waals surface area contributed by atoms with E-state index in [1.807, 2.05) is 0 Å². The van der Waals surface area contributed by atoms with E-state index < -0.39 is 21.5 Å². The molecule has 110 valence electrons. The van der Waals surface area contributed by atoms with Crippen molar-refractivity contribution >= 4 is 27.6 Å². The van der Waals surface area contributed by atoms with Crippen LogP contribution in [-0.4, -0.2) is 25.0 Å². The van der Waals surface area contributed by atoms with E-state index in [-0.39, 0.29) is 15.8 Å². The van der Waals surface area contributed by atoms with Crippen LogP contribution in [0.15, 0.2) is 23.1 Å². The largest absolute Gasteiger partial charge is 0.480 e. The second-order valence-electron chi connectivity index (χ2n) is 5.32. The molecule has 7 heteroatoms. The topological polar surface area (TPSA) is 83.5 Å². The highest BCUT2D eigenvalue weighted by Crippen LogP contribution is 2.40. The lowest BCUT2D eigenvalue weighted by atomic mass is 9.98. The van der Waals surface area contributed by atoms with E-state index in [0.29, 0.717) is 12.8 Å². The van der Waals surface area contributed by atoms with Gasteiger partial charge in [-0.05, 0) is 50.3 Å². The standard InChI is InChI=1S/C13H16ClNO4S/c1-8-3-6-11(10(14)7-8)20(18,19)15-13(2,12(16)17)9-4-5-9/h3,6-7,9,15H,4-5H2,1-2H3,(H,16,17). The van der Waals surface area contributed by atoms with Crippen LogP contribution in [0.4, 0.5) is 0 Å². The van der Waals surface area contributed by atoms with Crippen LogP contribution in [0.1, 0.15) is 25.3 Å². The minimum Gasteiger partial charge on any atom is -0.480 e. The first-order chi connectivity index (χ1) is 9.17. The van der Waals surface area contributed by atoms with Crippen LogP contribution in [0.5, 0.6) is 0 Å². The molecule has 0 saturated heterocycles. The van der Waals surface area contributed by atoms with Gasteiger partial charge in [-0.3, -0.25) is 4.79 Å². The van der Waals surface area contributed by atoms with Crippen LogP contribution in [0.25, 0.3) is 0 Å². The fourth-order valence-corrected chi connectivity index (χ4v) is 4.15. The van der Waals surface area contributed by atoms with Gasteiger partial charge < -0.3 is 5.11 Å². The number of aryl methyl sites for hydroxylation is 1. The summed E-state index contributed by atoms with van der Waals surface area (Å²) in [4.78, 5) is 11.3. The smallest absolute Gasteiger partial charge is 0.324 e. The molecule has 0 spiro atoms. The predicted molar refractivity (Wildman–Crippen MR) is 75.3 cm³/mol. The van der Waals surface area contributed by atoms with Gasteiger partial charge in [0.05, 0.1) is 5.02 Å². The van der Waals surface area contributed by atoms with E-state index >= 15 is 0 Å². The van der Waals surface area contributed by atoms with Crippen LogP contribution in [-0.2, 0) is 14.8 Å². The Balaban J connectivity index is 2.38. The number of benzene rings is 1. The van der Waals surface area contributed by atoms with Gasteiger partial charge in [0.15, 0.2) is 0 Å². The maximum Gasteiger partial charge on any atom is 0.324 e. The lowest BCUT2D eigenvalue weighted by Gasteiger charge is -2.26. The third-order valence-electron chi connectivity index (χ3n) is 3.56. The maximum absolute atomic E-state index is 12.4. The maximum atomic E-state index is 12.4. The van der Waals surface area contributed by atoms with Crippen LogP contribution in [0.2, 0.25) is 5.02 Å². The highest BCUT2D eigenvalue weighted by Gasteiger charge is 2.50. The third kappa shape index (κ3) is 2.82. The Kier molecular flexibility index (Phi) is 3.83. The van der Waals surface area contributed by atoms with Crippen molar-refractivity contribution in [2.75, 3.05) is 0 Å². The van der Waals surface area contributed by atoms with E-state index in [1.54, 1.807) is 13.0 Å². The zero-order chi connectivity index (χ0) is 15.1. The first kappa shape index (κ1) is 15.3. The Morgan fingerprint density at radius 2 is 2.05 bits per heavy atom. The lowest BCUT2D eigenvalue weighted by molar-refractivity contribution is -0.144. The number of rotatable bonds is 5. The number of hydrogen-bond donors (Lipinski definition) is 2. The summed E-state index contributed by atoms with van der Waals surface area (Å²) in [6.07, 6.45) is 1.40. The fourth-order valence-electron chi connectivity index (χ4n) is 2.12. The van der Waals surface area contributed by atoms with E-state index in [4.69, 9.17) is 11.6 Å². The molecule has 0 heterocycles. The Morgan fingerprint density at radius 1 is 1.45 bits per heavy atom. The van der Waals surface area contributed by atoms with Crippen LogP contribution in [0, 0.1) is 12.8 Å². The molecule has 0 amide bonds. The molecule has 0 aliphatic heterocycles. The summed E-state index contributed by atoms with van der Waals surface area (Å²) in [5.74, 6) is -1.36. The molecule has 1 fully saturated rings. The Morgan fingerprint density at radius 3 is 2.50 bits per heavy atom. The average Bonchev–Trinajstić information content (AvgIpc) is 3.10. The monoisotopic (exact) mass is 317 g/mol. The normalized spacial score (nSPS) is 18.6. The van der Waals surface area contributed by atoms with Gasteiger partial charge >= 0.3 is 5.97 Å².